The number of anilines is 3. The monoisotopic (exact) mass is 389 g/mol. The predicted molar refractivity (Wildman–Crippen MR) is 105 cm³/mol. The number of nitrogens with one attached hydrogen (secondary N) is 1. The van der Waals surface area contributed by atoms with E-state index in [1.807, 2.05) is 24.3 Å². The highest BCUT2D eigenvalue weighted by molar-refractivity contribution is 7.95. The molecule has 4 rings (SSSR count). The summed E-state index contributed by atoms with van der Waals surface area (Å²) >= 11 is 0. The van der Waals surface area contributed by atoms with Crippen LogP contribution in [0.5, 0.6) is 5.75 Å². The molecule has 0 unspecified atom stereocenters. The largest absolute Gasteiger partial charge is 0.497 e. The van der Waals surface area contributed by atoms with E-state index in [4.69, 9.17) is 9.47 Å². The van der Waals surface area contributed by atoms with Gasteiger partial charge in [-0.1, -0.05) is 18.2 Å². The molecule has 1 saturated heterocycles. The maximum atomic E-state index is 13.4. The van der Waals surface area contributed by atoms with E-state index in [9.17, 15) is 8.42 Å². The Morgan fingerprint density at radius 1 is 1.19 bits per heavy atom. The van der Waals surface area contributed by atoms with Gasteiger partial charge in [0.1, 0.15) is 5.75 Å². The lowest BCUT2D eigenvalue weighted by atomic mass is 10.2. The second-order valence-electron chi connectivity index (χ2n) is 6.52. The summed E-state index contributed by atoms with van der Waals surface area (Å²) in [6.45, 7) is 2.61. The molecule has 0 bridgehead atoms. The Morgan fingerprint density at radius 3 is 2.74 bits per heavy atom. The van der Waals surface area contributed by atoms with Crippen LogP contribution in [0.4, 0.5) is 17.1 Å². The third-order valence-corrected chi connectivity index (χ3v) is 6.63. The fourth-order valence-electron chi connectivity index (χ4n) is 3.51. The number of fused-ring (bicyclic) bond motifs is 1. The second kappa shape index (κ2) is 7.38. The maximum Gasteiger partial charge on any atom is 0.330 e. The van der Waals surface area contributed by atoms with Crippen molar-refractivity contribution < 1.29 is 17.9 Å². The molecule has 0 aliphatic carbocycles. The minimum Gasteiger partial charge on any atom is -0.497 e. The van der Waals surface area contributed by atoms with Crippen molar-refractivity contribution in [2.75, 3.05) is 42.0 Å². The number of methoxy groups -OCH3 is 1. The number of para-hydroxylation sites is 2. The van der Waals surface area contributed by atoms with Crippen molar-refractivity contribution >= 4 is 27.3 Å². The van der Waals surface area contributed by atoms with Crippen molar-refractivity contribution in [3.8, 4) is 5.75 Å². The number of hydrogen-bond donors (Lipinski definition) is 1. The van der Waals surface area contributed by atoms with Crippen LogP contribution >= 0.6 is 0 Å². The minimum atomic E-state index is -3.73. The molecule has 2 aliphatic heterocycles. The first-order chi connectivity index (χ1) is 13.1. The third kappa shape index (κ3) is 3.36. The molecule has 2 aromatic carbocycles. The summed E-state index contributed by atoms with van der Waals surface area (Å²) in [4.78, 5) is 0. The summed E-state index contributed by atoms with van der Waals surface area (Å²) in [5, 5.41) is 3.28. The van der Waals surface area contributed by atoms with Crippen LogP contribution in [0.3, 0.4) is 0 Å². The number of ether oxygens (including phenoxy) is 2. The summed E-state index contributed by atoms with van der Waals surface area (Å²) in [5.74, 6) is 0.611. The predicted octanol–water partition coefficient (Wildman–Crippen LogP) is 2.28. The molecule has 0 amide bonds. The smallest absolute Gasteiger partial charge is 0.330 e. The van der Waals surface area contributed by atoms with E-state index in [2.05, 4.69) is 5.32 Å². The van der Waals surface area contributed by atoms with Crippen molar-refractivity contribution in [3.63, 3.8) is 0 Å². The molecule has 2 aromatic rings. The molecule has 0 radical (unpaired) electrons. The SMILES string of the molecule is COc1cccc(N2c3ccccc3N(CC[C@H]3CNCCO3)S2(=O)=O)c1. The van der Waals surface area contributed by atoms with E-state index in [1.165, 1.54) is 8.61 Å². The van der Waals surface area contributed by atoms with Gasteiger partial charge in [-0.15, -0.1) is 0 Å². The third-order valence-electron chi connectivity index (χ3n) is 4.82. The average molecular weight is 389 g/mol. The Labute approximate surface area is 159 Å². The van der Waals surface area contributed by atoms with Crippen LogP contribution < -0.4 is 18.7 Å². The fraction of sp³-hybridized carbons (Fsp3) is 0.368. The van der Waals surface area contributed by atoms with Crippen LogP contribution in [0.15, 0.2) is 48.5 Å². The van der Waals surface area contributed by atoms with Gasteiger partial charge in [0.15, 0.2) is 0 Å². The first kappa shape index (κ1) is 18.1. The van der Waals surface area contributed by atoms with Crippen LogP contribution in [-0.4, -0.2) is 47.9 Å². The molecule has 0 aromatic heterocycles. The van der Waals surface area contributed by atoms with Gasteiger partial charge in [-0.2, -0.15) is 8.42 Å². The summed E-state index contributed by atoms with van der Waals surface area (Å²) in [6, 6.07) is 14.5. The first-order valence-electron chi connectivity index (χ1n) is 8.99. The van der Waals surface area contributed by atoms with E-state index in [-0.39, 0.29) is 6.10 Å². The lowest BCUT2D eigenvalue weighted by Gasteiger charge is -2.26. The molecule has 0 spiro atoms. The number of morpholine rings is 1. The van der Waals surface area contributed by atoms with E-state index >= 15 is 0 Å². The topological polar surface area (TPSA) is 71.1 Å². The van der Waals surface area contributed by atoms with Gasteiger partial charge in [0.05, 0.1) is 36.9 Å². The number of rotatable bonds is 5. The average Bonchev–Trinajstić information content (AvgIpc) is 2.93. The van der Waals surface area contributed by atoms with Gasteiger partial charge in [0.2, 0.25) is 0 Å². The van der Waals surface area contributed by atoms with Gasteiger partial charge in [-0.25, -0.2) is 4.31 Å². The fourth-order valence-corrected chi connectivity index (χ4v) is 5.22. The van der Waals surface area contributed by atoms with Crippen molar-refractivity contribution in [1.82, 2.24) is 5.32 Å². The Balaban J connectivity index is 1.67. The maximum absolute atomic E-state index is 13.4. The van der Waals surface area contributed by atoms with Crippen molar-refractivity contribution in [1.29, 1.82) is 0 Å². The van der Waals surface area contributed by atoms with Crippen LogP contribution in [0.1, 0.15) is 6.42 Å². The molecule has 7 nitrogen and oxygen atoms in total. The van der Waals surface area contributed by atoms with Gasteiger partial charge in [0.25, 0.3) is 0 Å². The number of nitrogens with zero attached hydrogens (tertiary/aromatic N) is 2. The molecule has 1 atom stereocenters. The molecule has 0 saturated carbocycles. The molecule has 1 N–H and O–H groups in total. The zero-order chi connectivity index (χ0) is 18.9. The summed E-state index contributed by atoms with van der Waals surface area (Å²) in [7, 11) is -2.17. The minimum absolute atomic E-state index is 0.0204. The molecular formula is C19H23N3O4S. The van der Waals surface area contributed by atoms with Crippen LogP contribution in [-0.2, 0) is 14.9 Å². The summed E-state index contributed by atoms with van der Waals surface area (Å²) in [6.07, 6.45) is 0.652. The lowest BCUT2D eigenvalue weighted by molar-refractivity contribution is 0.0254. The Bertz CT molecular complexity index is 913. The van der Waals surface area contributed by atoms with Crippen molar-refractivity contribution in [3.05, 3.63) is 48.5 Å². The van der Waals surface area contributed by atoms with E-state index < -0.39 is 10.2 Å². The normalized spacial score (nSPS) is 21.1. The summed E-state index contributed by atoms with van der Waals surface area (Å²) in [5.41, 5.74) is 1.89. The van der Waals surface area contributed by atoms with E-state index in [0.717, 1.165) is 13.1 Å². The molecule has 27 heavy (non-hydrogen) atoms. The van der Waals surface area contributed by atoms with Crippen LogP contribution in [0, 0.1) is 0 Å². The Kier molecular flexibility index (Phi) is 4.94. The van der Waals surface area contributed by atoms with Gasteiger partial charge < -0.3 is 14.8 Å². The molecule has 2 heterocycles. The highest BCUT2D eigenvalue weighted by Gasteiger charge is 2.41. The lowest BCUT2D eigenvalue weighted by Crippen LogP contribution is -2.42. The first-order valence-corrected chi connectivity index (χ1v) is 10.4. The van der Waals surface area contributed by atoms with Gasteiger partial charge in [-0.3, -0.25) is 4.31 Å². The number of hydrogen-bond acceptors (Lipinski definition) is 5. The van der Waals surface area contributed by atoms with Crippen LogP contribution in [0.2, 0.25) is 0 Å². The zero-order valence-electron chi connectivity index (χ0n) is 15.2. The number of benzene rings is 2. The van der Waals surface area contributed by atoms with Crippen LogP contribution in [0.25, 0.3) is 0 Å². The molecule has 1 fully saturated rings. The zero-order valence-corrected chi connectivity index (χ0v) is 16.0. The Hall–Kier alpha value is -2.29. The standard InChI is InChI=1S/C19H23N3O4S/c1-25-16-6-4-5-15(13-16)22-19-8-3-2-7-18(19)21(27(22,23)24)11-9-17-14-20-10-12-26-17/h2-8,13,17,20H,9-12,14H2,1H3/t17-/m0/s1. The second-order valence-corrected chi connectivity index (χ2v) is 8.22. The Morgan fingerprint density at radius 2 is 2.00 bits per heavy atom. The van der Waals surface area contributed by atoms with E-state index in [0.29, 0.717) is 42.4 Å². The molecule has 8 heteroatoms. The highest BCUT2D eigenvalue weighted by Crippen LogP contribution is 2.45. The van der Waals surface area contributed by atoms with Gasteiger partial charge in [0, 0.05) is 25.7 Å². The van der Waals surface area contributed by atoms with E-state index in [1.54, 1.807) is 31.4 Å². The van der Waals surface area contributed by atoms with Crippen molar-refractivity contribution in [2.45, 2.75) is 12.5 Å². The molecule has 2 aliphatic rings. The highest BCUT2D eigenvalue weighted by atomic mass is 32.2. The molecular weight excluding hydrogens is 366 g/mol. The van der Waals surface area contributed by atoms with Gasteiger partial charge >= 0.3 is 10.2 Å². The molecule has 144 valence electrons. The van der Waals surface area contributed by atoms with Crippen molar-refractivity contribution in [2.24, 2.45) is 0 Å². The van der Waals surface area contributed by atoms with Gasteiger partial charge in [-0.05, 0) is 30.7 Å². The quantitative estimate of drug-likeness (QED) is 0.850. The summed E-state index contributed by atoms with van der Waals surface area (Å²) < 4.78 is 40.6.